The molecular weight excluding hydrogens is 246 g/mol. The van der Waals surface area contributed by atoms with Crippen LogP contribution >= 0.6 is 0 Å². The van der Waals surface area contributed by atoms with Gasteiger partial charge in [0, 0.05) is 6.54 Å². The number of rotatable bonds is 9. The molecule has 0 amide bonds. The van der Waals surface area contributed by atoms with Gasteiger partial charge in [0.25, 0.3) is 0 Å². The lowest BCUT2D eigenvalue weighted by Crippen LogP contribution is -2.47. The third-order valence-corrected chi connectivity index (χ3v) is 4.67. The number of nitrogens with one attached hydrogen (secondary N) is 1. The first-order valence-corrected chi connectivity index (χ1v) is 8.90. The molecule has 1 fully saturated rings. The summed E-state index contributed by atoms with van der Waals surface area (Å²) in [7, 11) is 0. The second kappa shape index (κ2) is 9.04. The average Bonchev–Trinajstić information content (AvgIpc) is 2.38. The molecule has 0 spiro atoms. The fourth-order valence-corrected chi connectivity index (χ4v) is 3.73. The fraction of sp³-hybridized carbons (Fsp3) is 1.00. The van der Waals surface area contributed by atoms with E-state index in [1.807, 2.05) is 0 Å². The molecule has 0 aromatic heterocycles. The van der Waals surface area contributed by atoms with Crippen LogP contribution in [0.4, 0.5) is 0 Å². The molecule has 1 rings (SSSR count). The normalized spacial score (nSPS) is 28.8. The van der Waals surface area contributed by atoms with E-state index >= 15 is 0 Å². The molecule has 2 nitrogen and oxygen atoms in total. The summed E-state index contributed by atoms with van der Waals surface area (Å²) >= 11 is 0. The number of hydrogen-bond acceptors (Lipinski definition) is 2. The van der Waals surface area contributed by atoms with Gasteiger partial charge in [-0.3, -0.25) is 0 Å². The summed E-state index contributed by atoms with van der Waals surface area (Å²) in [6.45, 7) is 13.4. The van der Waals surface area contributed by atoms with Gasteiger partial charge < -0.3 is 10.1 Å². The van der Waals surface area contributed by atoms with E-state index in [2.05, 4.69) is 39.9 Å². The van der Waals surface area contributed by atoms with Gasteiger partial charge in [-0.15, -0.1) is 0 Å². The van der Waals surface area contributed by atoms with Gasteiger partial charge in [-0.05, 0) is 57.4 Å². The maximum atomic E-state index is 6.56. The highest BCUT2D eigenvalue weighted by Gasteiger charge is 2.36. The topological polar surface area (TPSA) is 21.3 Å². The van der Waals surface area contributed by atoms with E-state index in [9.17, 15) is 0 Å². The van der Waals surface area contributed by atoms with Crippen LogP contribution in [0, 0.1) is 11.8 Å². The Balaban J connectivity index is 2.54. The molecule has 1 N–H and O–H groups in total. The van der Waals surface area contributed by atoms with Crippen molar-refractivity contribution in [3.63, 3.8) is 0 Å². The van der Waals surface area contributed by atoms with Crippen LogP contribution < -0.4 is 5.32 Å². The van der Waals surface area contributed by atoms with Crippen LogP contribution in [0.1, 0.15) is 79.6 Å². The highest BCUT2D eigenvalue weighted by molar-refractivity contribution is 4.90. The predicted molar refractivity (Wildman–Crippen MR) is 88.1 cm³/mol. The van der Waals surface area contributed by atoms with Gasteiger partial charge in [0.05, 0.1) is 11.7 Å². The van der Waals surface area contributed by atoms with Gasteiger partial charge in [-0.2, -0.15) is 0 Å². The zero-order valence-corrected chi connectivity index (χ0v) is 14.5. The molecule has 1 saturated carbocycles. The second-order valence-electron chi connectivity index (χ2n) is 7.25. The third-order valence-electron chi connectivity index (χ3n) is 4.67. The lowest BCUT2D eigenvalue weighted by molar-refractivity contribution is -0.117. The minimum Gasteiger partial charge on any atom is -0.371 e. The van der Waals surface area contributed by atoms with Gasteiger partial charge in [0.15, 0.2) is 0 Å². The Hall–Kier alpha value is -0.0800. The smallest absolute Gasteiger partial charge is 0.0810 e. The molecule has 0 aliphatic heterocycles. The molecule has 2 heteroatoms. The molecule has 0 heterocycles. The minimum absolute atomic E-state index is 0.106. The Morgan fingerprint density at radius 2 is 1.80 bits per heavy atom. The fourth-order valence-electron chi connectivity index (χ4n) is 3.73. The molecule has 1 atom stereocenters. The van der Waals surface area contributed by atoms with Crippen molar-refractivity contribution in [1.82, 2.24) is 5.32 Å². The highest BCUT2D eigenvalue weighted by atomic mass is 16.5. The summed E-state index contributed by atoms with van der Waals surface area (Å²) < 4.78 is 6.56. The summed E-state index contributed by atoms with van der Waals surface area (Å²) in [5.74, 6) is 1.66. The van der Waals surface area contributed by atoms with Gasteiger partial charge in [-0.1, -0.05) is 40.5 Å². The van der Waals surface area contributed by atoms with Crippen LogP contribution in [0.5, 0.6) is 0 Å². The number of hydrogen-bond donors (Lipinski definition) is 1. The first-order valence-electron chi connectivity index (χ1n) is 8.90. The monoisotopic (exact) mass is 283 g/mol. The van der Waals surface area contributed by atoms with E-state index in [1.54, 1.807) is 0 Å². The molecule has 0 aromatic rings. The van der Waals surface area contributed by atoms with Crippen LogP contribution in [-0.4, -0.2) is 24.8 Å². The summed E-state index contributed by atoms with van der Waals surface area (Å²) in [6, 6.07) is 0. The van der Waals surface area contributed by atoms with E-state index < -0.39 is 0 Å². The standard InChI is InChI=1S/C18H37NO/c1-6-8-17-9-11-18(12-10-17,14-19-7-2)20-16(5)13-15(3)4/h15-17,19H,6-14H2,1-5H3. The van der Waals surface area contributed by atoms with E-state index in [0.29, 0.717) is 6.10 Å². The average molecular weight is 284 g/mol. The highest BCUT2D eigenvalue weighted by Crippen LogP contribution is 2.37. The van der Waals surface area contributed by atoms with Crippen LogP contribution in [0.2, 0.25) is 0 Å². The van der Waals surface area contributed by atoms with E-state index in [4.69, 9.17) is 4.74 Å². The maximum absolute atomic E-state index is 6.56. The Kier molecular flexibility index (Phi) is 8.13. The molecule has 0 aromatic carbocycles. The Bertz CT molecular complexity index is 244. The van der Waals surface area contributed by atoms with Crippen molar-refractivity contribution in [2.24, 2.45) is 11.8 Å². The van der Waals surface area contributed by atoms with Crippen molar-refractivity contribution >= 4 is 0 Å². The third kappa shape index (κ3) is 6.13. The van der Waals surface area contributed by atoms with Crippen molar-refractivity contribution in [3.8, 4) is 0 Å². The quantitative estimate of drug-likeness (QED) is 0.658. The van der Waals surface area contributed by atoms with Crippen LogP contribution in [0.3, 0.4) is 0 Å². The molecule has 1 unspecified atom stereocenters. The molecule has 0 saturated heterocycles. The van der Waals surface area contributed by atoms with Gasteiger partial charge >= 0.3 is 0 Å². The molecule has 20 heavy (non-hydrogen) atoms. The van der Waals surface area contributed by atoms with Gasteiger partial charge in [0.2, 0.25) is 0 Å². The van der Waals surface area contributed by atoms with E-state index in [-0.39, 0.29) is 5.60 Å². The lowest BCUT2D eigenvalue weighted by atomic mass is 9.76. The summed E-state index contributed by atoms with van der Waals surface area (Å²) in [6.07, 6.45) is 9.48. The van der Waals surface area contributed by atoms with Crippen molar-refractivity contribution in [2.45, 2.75) is 91.3 Å². The Labute approximate surface area is 127 Å². The lowest BCUT2D eigenvalue weighted by Gasteiger charge is -2.42. The Morgan fingerprint density at radius 1 is 1.15 bits per heavy atom. The Morgan fingerprint density at radius 3 is 2.30 bits per heavy atom. The van der Waals surface area contributed by atoms with Crippen LogP contribution in [-0.2, 0) is 4.74 Å². The van der Waals surface area contributed by atoms with Gasteiger partial charge in [0.1, 0.15) is 0 Å². The summed E-state index contributed by atoms with van der Waals surface area (Å²) in [5, 5.41) is 3.54. The number of ether oxygens (including phenoxy) is 1. The van der Waals surface area contributed by atoms with Crippen molar-refractivity contribution in [1.29, 1.82) is 0 Å². The zero-order valence-electron chi connectivity index (χ0n) is 14.5. The van der Waals surface area contributed by atoms with Gasteiger partial charge in [-0.25, -0.2) is 0 Å². The molecule has 0 radical (unpaired) electrons. The summed E-state index contributed by atoms with van der Waals surface area (Å²) in [4.78, 5) is 0. The van der Waals surface area contributed by atoms with E-state index in [1.165, 1.54) is 44.9 Å². The van der Waals surface area contributed by atoms with E-state index in [0.717, 1.165) is 24.9 Å². The first-order chi connectivity index (χ1) is 9.51. The largest absolute Gasteiger partial charge is 0.371 e. The molecule has 1 aliphatic rings. The summed E-state index contributed by atoms with van der Waals surface area (Å²) in [5.41, 5.74) is 0.106. The van der Waals surface area contributed by atoms with Crippen LogP contribution in [0.25, 0.3) is 0 Å². The molecular formula is C18H37NO. The maximum Gasteiger partial charge on any atom is 0.0810 e. The number of likely N-dealkylation sites (N-methyl/N-ethyl adjacent to an activating group) is 1. The second-order valence-corrected chi connectivity index (χ2v) is 7.25. The minimum atomic E-state index is 0.106. The molecule has 1 aliphatic carbocycles. The van der Waals surface area contributed by atoms with Crippen molar-refractivity contribution in [3.05, 3.63) is 0 Å². The molecule has 0 bridgehead atoms. The molecule has 120 valence electrons. The van der Waals surface area contributed by atoms with Crippen LogP contribution in [0.15, 0.2) is 0 Å². The predicted octanol–water partition coefficient (Wildman–Crippen LogP) is 4.78. The van der Waals surface area contributed by atoms with Crippen molar-refractivity contribution in [2.75, 3.05) is 13.1 Å². The zero-order chi connectivity index (χ0) is 15.0. The first kappa shape index (κ1) is 18.0. The van der Waals surface area contributed by atoms with Crippen molar-refractivity contribution < 1.29 is 4.74 Å². The SMILES string of the molecule is CCCC1CCC(CNCC)(OC(C)CC(C)C)CC1.